The molecule has 0 atom stereocenters. The fourth-order valence-electron chi connectivity index (χ4n) is 1.63. The fraction of sp³-hybridized carbons (Fsp3) is 0.154. The van der Waals surface area contributed by atoms with Crippen LogP contribution in [-0.4, -0.2) is 27.2 Å². The van der Waals surface area contributed by atoms with Crippen molar-refractivity contribution in [1.82, 2.24) is 15.1 Å². The molecule has 0 fully saturated rings. The van der Waals surface area contributed by atoms with E-state index in [1.807, 2.05) is 12.3 Å². The van der Waals surface area contributed by atoms with Crippen molar-refractivity contribution >= 4 is 23.1 Å². The number of thiocarbonyl (C=S) groups is 1. The average Bonchev–Trinajstić information content (AvgIpc) is 2.92. The molecule has 0 aliphatic carbocycles. The zero-order valence-electron chi connectivity index (χ0n) is 10.2. The number of amides is 1. The number of nitrogens with two attached hydrogens (primary N) is 1. The SMILES string of the molecule is NC(=S)c1cccc(C(=O)NCCn2cccn2)c1. The number of carbonyl (C=O) groups is 1. The molecule has 2 aromatic rings. The van der Waals surface area contributed by atoms with Gasteiger partial charge < -0.3 is 11.1 Å². The van der Waals surface area contributed by atoms with E-state index in [0.717, 1.165) is 0 Å². The van der Waals surface area contributed by atoms with Crippen molar-refractivity contribution in [3.63, 3.8) is 0 Å². The second-order valence-corrected chi connectivity index (χ2v) is 4.41. The number of rotatable bonds is 5. The number of nitrogens with zero attached hydrogens (tertiary/aromatic N) is 2. The molecule has 1 aromatic heterocycles. The molecule has 1 amide bonds. The van der Waals surface area contributed by atoms with Crippen LogP contribution in [0.25, 0.3) is 0 Å². The lowest BCUT2D eigenvalue weighted by atomic mass is 10.1. The molecule has 0 saturated heterocycles. The van der Waals surface area contributed by atoms with E-state index < -0.39 is 0 Å². The molecule has 98 valence electrons. The highest BCUT2D eigenvalue weighted by atomic mass is 32.1. The highest BCUT2D eigenvalue weighted by Gasteiger charge is 2.06. The van der Waals surface area contributed by atoms with Crippen LogP contribution >= 0.6 is 12.2 Å². The lowest BCUT2D eigenvalue weighted by Crippen LogP contribution is -2.27. The monoisotopic (exact) mass is 274 g/mol. The van der Waals surface area contributed by atoms with Crippen LogP contribution in [0.4, 0.5) is 0 Å². The van der Waals surface area contributed by atoms with E-state index in [4.69, 9.17) is 18.0 Å². The van der Waals surface area contributed by atoms with Crippen molar-refractivity contribution in [3.8, 4) is 0 Å². The number of hydrogen-bond donors (Lipinski definition) is 2. The molecule has 3 N–H and O–H groups in total. The van der Waals surface area contributed by atoms with E-state index in [9.17, 15) is 4.79 Å². The number of aromatic nitrogens is 2. The molecule has 1 heterocycles. The summed E-state index contributed by atoms with van der Waals surface area (Å²) in [6.45, 7) is 1.14. The zero-order chi connectivity index (χ0) is 13.7. The molecule has 0 spiro atoms. The normalized spacial score (nSPS) is 10.1. The summed E-state index contributed by atoms with van der Waals surface area (Å²) in [6.07, 6.45) is 3.55. The van der Waals surface area contributed by atoms with E-state index in [0.29, 0.717) is 24.2 Å². The lowest BCUT2D eigenvalue weighted by molar-refractivity contribution is 0.0952. The molecule has 2 rings (SSSR count). The van der Waals surface area contributed by atoms with Gasteiger partial charge in [-0.3, -0.25) is 9.48 Å². The Bertz CT molecular complexity index is 580. The van der Waals surface area contributed by atoms with Crippen LogP contribution in [0.3, 0.4) is 0 Å². The van der Waals surface area contributed by atoms with Crippen molar-refractivity contribution < 1.29 is 4.79 Å². The summed E-state index contributed by atoms with van der Waals surface area (Å²) in [5, 5.41) is 6.87. The standard InChI is InChI=1S/C13H14N4OS/c14-12(19)10-3-1-4-11(9-10)13(18)15-6-8-17-7-2-5-16-17/h1-5,7,9H,6,8H2,(H2,14,19)(H,15,18). The first-order chi connectivity index (χ1) is 9.16. The second kappa shape index (κ2) is 6.10. The molecule has 0 bridgehead atoms. The third-order valence-electron chi connectivity index (χ3n) is 2.59. The Balaban J connectivity index is 1.92. The summed E-state index contributed by atoms with van der Waals surface area (Å²) in [5.41, 5.74) is 6.77. The van der Waals surface area contributed by atoms with Gasteiger partial charge in [-0.1, -0.05) is 24.4 Å². The van der Waals surface area contributed by atoms with E-state index in [1.165, 1.54) is 0 Å². The summed E-state index contributed by atoms with van der Waals surface area (Å²) >= 11 is 4.88. The van der Waals surface area contributed by atoms with Gasteiger partial charge in [0.2, 0.25) is 0 Å². The molecular weight excluding hydrogens is 260 g/mol. The van der Waals surface area contributed by atoms with Gasteiger partial charge in [-0.15, -0.1) is 0 Å². The summed E-state index contributed by atoms with van der Waals surface area (Å²) in [7, 11) is 0. The molecular formula is C13H14N4OS. The van der Waals surface area contributed by atoms with Gasteiger partial charge in [-0.2, -0.15) is 5.10 Å². The Morgan fingerprint density at radius 2 is 2.16 bits per heavy atom. The van der Waals surface area contributed by atoms with Gasteiger partial charge in [0.05, 0.1) is 6.54 Å². The second-order valence-electron chi connectivity index (χ2n) is 3.97. The van der Waals surface area contributed by atoms with Crippen LogP contribution in [-0.2, 0) is 6.54 Å². The van der Waals surface area contributed by atoms with Crippen LogP contribution < -0.4 is 11.1 Å². The first-order valence-corrected chi connectivity index (χ1v) is 6.23. The van der Waals surface area contributed by atoms with Crippen molar-refractivity contribution in [2.24, 2.45) is 5.73 Å². The van der Waals surface area contributed by atoms with Gasteiger partial charge in [0, 0.05) is 30.1 Å². The maximum atomic E-state index is 11.9. The minimum atomic E-state index is -0.148. The van der Waals surface area contributed by atoms with Crippen LogP contribution in [0.15, 0.2) is 42.7 Å². The Morgan fingerprint density at radius 3 is 2.84 bits per heavy atom. The van der Waals surface area contributed by atoms with E-state index >= 15 is 0 Å². The fourth-order valence-corrected chi connectivity index (χ4v) is 1.76. The summed E-state index contributed by atoms with van der Waals surface area (Å²) in [6, 6.07) is 8.80. The Kier molecular flexibility index (Phi) is 4.25. The van der Waals surface area contributed by atoms with Crippen molar-refractivity contribution in [1.29, 1.82) is 0 Å². The molecule has 0 unspecified atom stereocenters. The smallest absolute Gasteiger partial charge is 0.251 e. The lowest BCUT2D eigenvalue weighted by Gasteiger charge is -2.06. The van der Waals surface area contributed by atoms with E-state index in [2.05, 4.69) is 10.4 Å². The van der Waals surface area contributed by atoms with Crippen LogP contribution in [0, 0.1) is 0 Å². The van der Waals surface area contributed by atoms with Gasteiger partial charge in [-0.25, -0.2) is 0 Å². The Morgan fingerprint density at radius 1 is 1.37 bits per heavy atom. The van der Waals surface area contributed by atoms with Gasteiger partial charge >= 0.3 is 0 Å². The number of hydrogen-bond acceptors (Lipinski definition) is 3. The van der Waals surface area contributed by atoms with E-state index in [1.54, 1.807) is 35.1 Å². The third kappa shape index (κ3) is 3.62. The highest BCUT2D eigenvalue weighted by molar-refractivity contribution is 7.80. The maximum Gasteiger partial charge on any atom is 0.251 e. The van der Waals surface area contributed by atoms with E-state index in [-0.39, 0.29) is 10.9 Å². The van der Waals surface area contributed by atoms with Crippen LogP contribution in [0.1, 0.15) is 15.9 Å². The van der Waals surface area contributed by atoms with Gasteiger partial charge in [0.25, 0.3) is 5.91 Å². The molecule has 5 nitrogen and oxygen atoms in total. The van der Waals surface area contributed by atoms with Crippen LogP contribution in [0.5, 0.6) is 0 Å². The first-order valence-electron chi connectivity index (χ1n) is 5.82. The number of benzene rings is 1. The van der Waals surface area contributed by atoms with Gasteiger partial charge in [0.1, 0.15) is 4.99 Å². The number of carbonyl (C=O) groups excluding carboxylic acids is 1. The van der Waals surface area contributed by atoms with Crippen molar-refractivity contribution in [2.75, 3.05) is 6.54 Å². The minimum Gasteiger partial charge on any atom is -0.389 e. The summed E-state index contributed by atoms with van der Waals surface area (Å²) < 4.78 is 1.76. The predicted octanol–water partition coefficient (Wildman–Crippen LogP) is 0.947. The Hall–Kier alpha value is -2.21. The van der Waals surface area contributed by atoms with Crippen molar-refractivity contribution in [3.05, 3.63) is 53.9 Å². The zero-order valence-corrected chi connectivity index (χ0v) is 11.1. The van der Waals surface area contributed by atoms with Crippen LogP contribution in [0.2, 0.25) is 0 Å². The largest absolute Gasteiger partial charge is 0.389 e. The number of nitrogens with one attached hydrogen (secondary N) is 1. The summed E-state index contributed by atoms with van der Waals surface area (Å²) in [4.78, 5) is 12.2. The maximum absolute atomic E-state index is 11.9. The van der Waals surface area contributed by atoms with Gasteiger partial charge in [0.15, 0.2) is 0 Å². The molecule has 0 aliphatic rings. The third-order valence-corrected chi connectivity index (χ3v) is 2.83. The molecule has 19 heavy (non-hydrogen) atoms. The van der Waals surface area contributed by atoms with Crippen molar-refractivity contribution in [2.45, 2.75) is 6.54 Å². The quantitative estimate of drug-likeness (QED) is 0.796. The first kappa shape index (κ1) is 13.2. The summed E-state index contributed by atoms with van der Waals surface area (Å²) in [5.74, 6) is -0.148. The minimum absolute atomic E-state index is 0.148. The molecule has 0 saturated carbocycles. The molecule has 0 radical (unpaired) electrons. The molecule has 1 aromatic carbocycles. The van der Waals surface area contributed by atoms with Gasteiger partial charge in [-0.05, 0) is 18.2 Å². The average molecular weight is 274 g/mol. The molecule has 0 aliphatic heterocycles. The molecule has 6 heteroatoms. The Labute approximate surface area is 116 Å². The predicted molar refractivity (Wildman–Crippen MR) is 76.9 cm³/mol. The highest BCUT2D eigenvalue weighted by Crippen LogP contribution is 2.05. The topological polar surface area (TPSA) is 72.9 Å².